The molecule has 0 saturated heterocycles. The highest BCUT2D eigenvalue weighted by Gasteiger charge is 2.06. The van der Waals surface area contributed by atoms with E-state index in [9.17, 15) is 9.59 Å². The van der Waals surface area contributed by atoms with Gasteiger partial charge in [-0.1, -0.05) is 36.4 Å². The number of para-hydroxylation sites is 2. The van der Waals surface area contributed by atoms with Gasteiger partial charge in [0.1, 0.15) is 11.5 Å². The van der Waals surface area contributed by atoms with Gasteiger partial charge in [-0.05, 0) is 47.8 Å². The zero-order valence-corrected chi connectivity index (χ0v) is 15.1. The molecule has 0 aliphatic rings. The number of rotatable bonds is 8. The molecule has 0 bridgehead atoms. The van der Waals surface area contributed by atoms with Gasteiger partial charge in [-0.25, -0.2) is 9.59 Å². The fourth-order valence-corrected chi connectivity index (χ4v) is 2.74. The topological polar surface area (TPSA) is 61.8 Å². The number of carbonyl (C=O) groups excluding carboxylic acids is 2. The van der Waals surface area contributed by atoms with Crippen LogP contribution in [-0.2, 0) is 4.74 Å². The molecular weight excluding hydrogens is 360 g/mol. The zero-order valence-electron chi connectivity index (χ0n) is 13.5. The molecule has 2 rings (SSSR count). The Morgan fingerprint density at radius 3 is 1.48 bits per heavy atom. The first kappa shape index (κ1) is 19.4. The summed E-state index contributed by atoms with van der Waals surface area (Å²) in [6.07, 6.45) is 0. The van der Waals surface area contributed by atoms with Crippen molar-refractivity contribution in [2.75, 3.05) is 24.7 Å². The minimum absolute atomic E-state index is 0.365. The molecule has 25 heavy (non-hydrogen) atoms. The third-order valence-corrected chi connectivity index (χ3v) is 4.16. The lowest BCUT2D eigenvalue weighted by molar-refractivity contribution is 0.167. The second-order valence-corrected chi connectivity index (χ2v) is 6.70. The van der Waals surface area contributed by atoms with Crippen LogP contribution in [0.4, 0.5) is 9.59 Å². The quantitative estimate of drug-likeness (QED) is 0.480. The second kappa shape index (κ2) is 11.6. The highest BCUT2D eigenvalue weighted by Crippen LogP contribution is 2.15. The molecule has 2 aromatic carbocycles. The number of benzene rings is 2. The molecule has 5 nitrogen and oxygen atoms in total. The smallest absolute Gasteiger partial charge is 0.372 e. The van der Waals surface area contributed by atoms with Gasteiger partial charge >= 0.3 is 10.6 Å². The third-order valence-electron chi connectivity index (χ3n) is 2.78. The molecule has 0 unspecified atom stereocenters. The minimum atomic E-state index is -0.365. The Balaban J connectivity index is 1.46. The summed E-state index contributed by atoms with van der Waals surface area (Å²) in [5.74, 6) is 2.03. The van der Waals surface area contributed by atoms with Crippen molar-refractivity contribution in [1.29, 1.82) is 0 Å². The molecule has 0 aromatic heterocycles. The van der Waals surface area contributed by atoms with Crippen molar-refractivity contribution in [3.63, 3.8) is 0 Å². The monoisotopic (exact) mass is 378 g/mol. The van der Waals surface area contributed by atoms with Crippen molar-refractivity contribution in [3.8, 4) is 11.5 Å². The van der Waals surface area contributed by atoms with Gasteiger partial charge in [0, 0.05) is 11.5 Å². The van der Waals surface area contributed by atoms with Gasteiger partial charge in [0.05, 0.1) is 13.2 Å². The number of hydrogen-bond donors (Lipinski definition) is 0. The molecule has 2 aromatic rings. The van der Waals surface area contributed by atoms with Gasteiger partial charge in [0.25, 0.3) is 0 Å². The third kappa shape index (κ3) is 8.62. The summed E-state index contributed by atoms with van der Waals surface area (Å²) in [7, 11) is 0. The summed E-state index contributed by atoms with van der Waals surface area (Å²) in [5.41, 5.74) is 0. The molecule has 0 amide bonds. The average Bonchev–Trinajstić information content (AvgIpc) is 2.62. The largest absolute Gasteiger partial charge is 0.418 e. The van der Waals surface area contributed by atoms with E-state index < -0.39 is 0 Å². The number of ether oxygens (including phenoxy) is 3. The van der Waals surface area contributed by atoms with Gasteiger partial charge in [-0.15, -0.1) is 0 Å². The van der Waals surface area contributed by atoms with Gasteiger partial charge < -0.3 is 14.2 Å². The van der Waals surface area contributed by atoms with Crippen LogP contribution < -0.4 is 9.47 Å². The van der Waals surface area contributed by atoms with E-state index in [-0.39, 0.29) is 10.6 Å². The molecular formula is C18H18O5S2. The SMILES string of the molecule is O=C(Oc1ccccc1)SCCOCCSC(=O)Oc1ccccc1. The Kier molecular flexibility index (Phi) is 8.96. The highest BCUT2D eigenvalue weighted by molar-refractivity contribution is 8.13. The maximum absolute atomic E-state index is 11.6. The Morgan fingerprint density at radius 2 is 1.08 bits per heavy atom. The molecule has 0 aliphatic heterocycles. The Labute approximate surface area is 155 Å². The van der Waals surface area contributed by atoms with Crippen LogP contribution in [0.15, 0.2) is 60.7 Å². The summed E-state index contributed by atoms with van der Waals surface area (Å²) in [4.78, 5) is 23.2. The van der Waals surface area contributed by atoms with E-state index in [0.717, 1.165) is 23.5 Å². The average molecular weight is 378 g/mol. The van der Waals surface area contributed by atoms with Gasteiger partial charge in [-0.2, -0.15) is 0 Å². The lowest BCUT2D eigenvalue weighted by Crippen LogP contribution is -2.08. The summed E-state index contributed by atoms with van der Waals surface area (Å²) in [6.45, 7) is 0.811. The van der Waals surface area contributed by atoms with Crippen molar-refractivity contribution >= 4 is 34.1 Å². The van der Waals surface area contributed by atoms with E-state index in [1.807, 2.05) is 12.1 Å². The fourth-order valence-electron chi connectivity index (χ4n) is 1.70. The van der Waals surface area contributed by atoms with Crippen LogP contribution in [0.1, 0.15) is 0 Å². The van der Waals surface area contributed by atoms with E-state index in [2.05, 4.69) is 0 Å². The van der Waals surface area contributed by atoms with E-state index >= 15 is 0 Å². The van der Waals surface area contributed by atoms with E-state index in [0.29, 0.717) is 36.2 Å². The molecule has 0 saturated carbocycles. The van der Waals surface area contributed by atoms with Gasteiger partial charge in [-0.3, -0.25) is 0 Å². The molecule has 0 spiro atoms. The van der Waals surface area contributed by atoms with Crippen molar-refractivity contribution in [2.24, 2.45) is 0 Å². The van der Waals surface area contributed by atoms with Crippen LogP contribution in [0.25, 0.3) is 0 Å². The normalized spacial score (nSPS) is 10.2. The summed E-state index contributed by atoms with van der Waals surface area (Å²) in [6, 6.07) is 17.8. The van der Waals surface area contributed by atoms with Crippen molar-refractivity contribution in [3.05, 3.63) is 60.7 Å². The van der Waals surface area contributed by atoms with Gasteiger partial charge in [0.2, 0.25) is 0 Å². The number of thioether (sulfide) groups is 2. The molecule has 0 heterocycles. The van der Waals surface area contributed by atoms with Gasteiger partial charge in [0.15, 0.2) is 0 Å². The molecule has 7 heteroatoms. The number of carbonyl (C=O) groups is 2. The van der Waals surface area contributed by atoms with E-state index in [1.54, 1.807) is 48.5 Å². The molecule has 0 atom stereocenters. The van der Waals surface area contributed by atoms with E-state index in [1.165, 1.54) is 0 Å². The first-order chi connectivity index (χ1) is 12.2. The highest BCUT2D eigenvalue weighted by atomic mass is 32.2. The predicted octanol–water partition coefficient (Wildman–Crippen LogP) is 4.87. The van der Waals surface area contributed by atoms with Crippen molar-refractivity contribution in [2.45, 2.75) is 0 Å². The second-order valence-electron chi connectivity index (χ2n) is 4.64. The lowest BCUT2D eigenvalue weighted by Gasteiger charge is -2.05. The summed E-state index contributed by atoms with van der Waals surface area (Å²) >= 11 is 2.11. The maximum Gasteiger partial charge on any atom is 0.372 e. The van der Waals surface area contributed by atoms with Crippen LogP contribution in [-0.4, -0.2) is 35.3 Å². The standard InChI is InChI=1S/C18H18O5S2/c19-17(22-15-7-3-1-4-8-15)24-13-11-21-12-14-25-18(20)23-16-9-5-2-6-10-16/h1-10H,11-14H2. The number of hydrogen-bond acceptors (Lipinski definition) is 7. The molecule has 132 valence electrons. The Hall–Kier alpha value is -1.96. The molecule has 0 N–H and O–H groups in total. The van der Waals surface area contributed by atoms with Crippen molar-refractivity contribution in [1.82, 2.24) is 0 Å². The fraction of sp³-hybridized carbons (Fsp3) is 0.222. The zero-order chi connectivity index (χ0) is 17.7. The molecule has 0 aliphatic carbocycles. The lowest BCUT2D eigenvalue weighted by atomic mass is 10.3. The maximum atomic E-state index is 11.6. The Bertz CT molecular complexity index is 592. The minimum Gasteiger partial charge on any atom is -0.418 e. The first-order valence-electron chi connectivity index (χ1n) is 7.61. The molecule has 0 fully saturated rings. The van der Waals surface area contributed by atoms with Crippen LogP contribution in [0.3, 0.4) is 0 Å². The van der Waals surface area contributed by atoms with Crippen molar-refractivity contribution < 1.29 is 23.8 Å². The Morgan fingerprint density at radius 1 is 0.680 bits per heavy atom. The predicted molar refractivity (Wildman–Crippen MR) is 101 cm³/mol. The van der Waals surface area contributed by atoms with Crippen LogP contribution in [0, 0.1) is 0 Å². The summed E-state index contributed by atoms with van der Waals surface area (Å²) in [5, 5.41) is -0.730. The van der Waals surface area contributed by atoms with E-state index in [4.69, 9.17) is 14.2 Å². The molecule has 0 radical (unpaired) electrons. The summed E-state index contributed by atoms with van der Waals surface area (Å²) < 4.78 is 15.6. The van der Waals surface area contributed by atoms with Crippen LogP contribution in [0.5, 0.6) is 11.5 Å². The first-order valence-corrected chi connectivity index (χ1v) is 9.58. The van der Waals surface area contributed by atoms with Crippen LogP contribution in [0.2, 0.25) is 0 Å². The van der Waals surface area contributed by atoms with Crippen LogP contribution >= 0.6 is 23.5 Å².